The molecule has 1 aromatic heterocycles. The Morgan fingerprint density at radius 3 is 2.61 bits per heavy atom. The van der Waals surface area contributed by atoms with Gasteiger partial charge in [-0.15, -0.1) is 0 Å². The lowest BCUT2D eigenvalue weighted by atomic mass is 10.1. The fourth-order valence-electron chi connectivity index (χ4n) is 1.68. The zero-order chi connectivity index (χ0) is 13.0. The number of hydrogen-bond acceptors (Lipinski definition) is 3. The highest BCUT2D eigenvalue weighted by Gasteiger charge is 2.00. The summed E-state index contributed by atoms with van der Waals surface area (Å²) in [6, 6.07) is 10.3. The quantitative estimate of drug-likeness (QED) is 0.910. The zero-order valence-electron chi connectivity index (χ0n) is 10.3. The molecule has 1 heterocycles. The molecule has 4 heteroatoms. The van der Waals surface area contributed by atoms with Crippen LogP contribution in [-0.4, -0.2) is 11.5 Å². The van der Waals surface area contributed by atoms with E-state index in [4.69, 9.17) is 5.73 Å². The van der Waals surface area contributed by atoms with E-state index < -0.39 is 0 Å². The van der Waals surface area contributed by atoms with Crippen molar-refractivity contribution >= 4 is 27.4 Å². The fraction of sp³-hybridized carbons (Fsp3) is 0.214. The Kier molecular flexibility index (Phi) is 4.33. The number of aryl methyl sites for hydroxylation is 1. The van der Waals surface area contributed by atoms with Gasteiger partial charge >= 0.3 is 0 Å². The van der Waals surface area contributed by atoms with Crippen molar-refractivity contribution in [1.29, 1.82) is 0 Å². The highest BCUT2D eigenvalue weighted by Crippen LogP contribution is 2.20. The normalized spacial score (nSPS) is 10.4. The molecule has 0 amide bonds. The Morgan fingerprint density at radius 1 is 1.28 bits per heavy atom. The van der Waals surface area contributed by atoms with Gasteiger partial charge in [0.25, 0.3) is 0 Å². The van der Waals surface area contributed by atoms with Crippen LogP contribution in [0.5, 0.6) is 0 Å². The predicted octanol–water partition coefficient (Wildman–Crippen LogP) is 3.40. The molecule has 3 N–H and O–H groups in total. The molecule has 0 bridgehead atoms. The maximum absolute atomic E-state index is 5.52. The second-order valence-electron chi connectivity index (χ2n) is 4.18. The van der Waals surface area contributed by atoms with Gasteiger partial charge in [0.15, 0.2) is 0 Å². The lowest BCUT2D eigenvalue weighted by Crippen LogP contribution is -2.02. The van der Waals surface area contributed by atoms with Gasteiger partial charge < -0.3 is 11.1 Å². The van der Waals surface area contributed by atoms with E-state index in [-0.39, 0.29) is 0 Å². The Labute approximate surface area is 116 Å². The summed E-state index contributed by atoms with van der Waals surface area (Å²) >= 11 is 3.44. The first-order valence-corrected chi connectivity index (χ1v) is 6.66. The highest BCUT2D eigenvalue weighted by molar-refractivity contribution is 9.10. The number of benzene rings is 1. The van der Waals surface area contributed by atoms with Crippen LogP contribution < -0.4 is 11.1 Å². The topological polar surface area (TPSA) is 50.9 Å². The number of halogens is 1. The zero-order valence-corrected chi connectivity index (χ0v) is 11.9. The number of pyridine rings is 1. The van der Waals surface area contributed by atoms with Gasteiger partial charge in [0.05, 0.1) is 0 Å². The molecule has 2 rings (SSSR count). The molecular formula is C14H16BrN3. The van der Waals surface area contributed by atoms with Crippen LogP contribution in [0.3, 0.4) is 0 Å². The molecule has 0 fully saturated rings. The number of nitrogens with zero attached hydrogens (tertiary/aromatic N) is 1. The summed E-state index contributed by atoms with van der Waals surface area (Å²) in [5.41, 5.74) is 8.97. The first-order chi connectivity index (χ1) is 8.69. The van der Waals surface area contributed by atoms with Crippen molar-refractivity contribution in [2.75, 3.05) is 11.9 Å². The minimum absolute atomic E-state index is 0.681. The van der Waals surface area contributed by atoms with Gasteiger partial charge in [-0.05, 0) is 65.1 Å². The number of rotatable bonds is 4. The van der Waals surface area contributed by atoms with Crippen LogP contribution in [0.1, 0.15) is 11.1 Å². The summed E-state index contributed by atoms with van der Waals surface area (Å²) in [6.45, 7) is 2.72. The monoisotopic (exact) mass is 305 g/mol. The third kappa shape index (κ3) is 3.31. The van der Waals surface area contributed by atoms with E-state index in [0.717, 1.165) is 28.0 Å². The summed E-state index contributed by atoms with van der Waals surface area (Å²) in [5.74, 6) is 0.849. The summed E-state index contributed by atoms with van der Waals surface area (Å²) in [4.78, 5) is 4.32. The molecule has 0 aliphatic heterocycles. The van der Waals surface area contributed by atoms with Crippen LogP contribution in [-0.2, 0) is 6.42 Å². The van der Waals surface area contributed by atoms with Crippen LogP contribution >= 0.6 is 15.9 Å². The molecule has 0 radical (unpaired) electrons. The molecule has 0 unspecified atom stereocenters. The number of hydrogen-bond donors (Lipinski definition) is 2. The molecule has 94 valence electrons. The Morgan fingerprint density at radius 2 is 2.00 bits per heavy atom. The van der Waals surface area contributed by atoms with Crippen LogP contribution in [0, 0.1) is 6.92 Å². The summed E-state index contributed by atoms with van der Waals surface area (Å²) < 4.78 is 1.02. The van der Waals surface area contributed by atoms with Crippen molar-refractivity contribution in [2.24, 2.45) is 5.73 Å². The van der Waals surface area contributed by atoms with Crippen molar-refractivity contribution < 1.29 is 0 Å². The van der Waals surface area contributed by atoms with Gasteiger partial charge in [-0.2, -0.15) is 0 Å². The van der Waals surface area contributed by atoms with E-state index >= 15 is 0 Å². The van der Waals surface area contributed by atoms with Gasteiger partial charge in [-0.3, -0.25) is 0 Å². The van der Waals surface area contributed by atoms with Crippen LogP contribution in [0.15, 0.2) is 41.0 Å². The number of nitrogens with two attached hydrogens (primary N) is 1. The maximum atomic E-state index is 5.52. The fourth-order valence-corrected chi connectivity index (χ4v) is 1.89. The highest BCUT2D eigenvalue weighted by atomic mass is 79.9. The van der Waals surface area contributed by atoms with Crippen molar-refractivity contribution in [2.45, 2.75) is 13.3 Å². The Balaban J connectivity index is 2.10. The number of anilines is 2. The average Bonchev–Trinajstić information content (AvgIpc) is 2.37. The molecule has 0 aliphatic rings. The van der Waals surface area contributed by atoms with Crippen molar-refractivity contribution in [3.05, 3.63) is 52.1 Å². The predicted molar refractivity (Wildman–Crippen MR) is 79.2 cm³/mol. The molecule has 0 atom stereocenters. The first kappa shape index (κ1) is 13.1. The Hall–Kier alpha value is -1.39. The standard InChI is InChI=1S/C14H16BrN3/c1-10-8-14(17-9-13(10)15)18-12-4-2-11(3-5-12)6-7-16/h2-5,8-9H,6-7,16H2,1H3,(H,17,18). The summed E-state index contributed by atoms with van der Waals surface area (Å²) in [5, 5.41) is 3.28. The van der Waals surface area contributed by atoms with E-state index in [1.165, 1.54) is 5.56 Å². The molecule has 18 heavy (non-hydrogen) atoms. The summed E-state index contributed by atoms with van der Waals surface area (Å²) in [7, 11) is 0. The van der Waals surface area contributed by atoms with Crippen LogP contribution in [0.4, 0.5) is 11.5 Å². The molecule has 3 nitrogen and oxygen atoms in total. The largest absolute Gasteiger partial charge is 0.340 e. The third-order valence-electron chi connectivity index (χ3n) is 2.71. The SMILES string of the molecule is Cc1cc(Nc2ccc(CCN)cc2)ncc1Br. The number of nitrogens with one attached hydrogen (secondary N) is 1. The molecular weight excluding hydrogens is 290 g/mol. The molecule has 0 aliphatic carbocycles. The maximum Gasteiger partial charge on any atom is 0.130 e. The lowest BCUT2D eigenvalue weighted by molar-refractivity contribution is 0.969. The van der Waals surface area contributed by atoms with Gasteiger partial charge in [0.1, 0.15) is 5.82 Å². The van der Waals surface area contributed by atoms with Crippen molar-refractivity contribution in [1.82, 2.24) is 4.98 Å². The number of aromatic nitrogens is 1. The van der Waals surface area contributed by atoms with Crippen LogP contribution in [0.25, 0.3) is 0 Å². The lowest BCUT2D eigenvalue weighted by Gasteiger charge is -2.08. The van der Waals surface area contributed by atoms with E-state index in [1.807, 2.05) is 25.1 Å². The van der Waals surface area contributed by atoms with E-state index in [0.29, 0.717) is 6.54 Å². The van der Waals surface area contributed by atoms with Gasteiger partial charge in [0, 0.05) is 16.4 Å². The summed E-state index contributed by atoms with van der Waals surface area (Å²) in [6.07, 6.45) is 2.72. The molecule has 0 saturated heterocycles. The van der Waals surface area contributed by atoms with Gasteiger partial charge in [-0.25, -0.2) is 4.98 Å². The Bertz CT molecular complexity index is 523. The molecule has 1 aromatic carbocycles. The van der Waals surface area contributed by atoms with Gasteiger partial charge in [-0.1, -0.05) is 12.1 Å². The second kappa shape index (κ2) is 5.98. The minimum atomic E-state index is 0.681. The molecule has 2 aromatic rings. The van der Waals surface area contributed by atoms with Gasteiger partial charge in [0.2, 0.25) is 0 Å². The second-order valence-corrected chi connectivity index (χ2v) is 5.03. The average molecular weight is 306 g/mol. The minimum Gasteiger partial charge on any atom is -0.340 e. The van der Waals surface area contributed by atoms with E-state index in [1.54, 1.807) is 6.20 Å². The molecule has 0 saturated carbocycles. The molecule has 0 spiro atoms. The smallest absolute Gasteiger partial charge is 0.130 e. The van der Waals surface area contributed by atoms with Crippen molar-refractivity contribution in [3.63, 3.8) is 0 Å². The van der Waals surface area contributed by atoms with Crippen LogP contribution in [0.2, 0.25) is 0 Å². The third-order valence-corrected chi connectivity index (χ3v) is 3.54. The first-order valence-electron chi connectivity index (χ1n) is 5.87. The van der Waals surface area contributed by atoms with E-state index in [2.05, 4.69) is 38.4 Å². The van der Waals surface area contributed by atoms with Crippen molar-refractivity contribution in [3.8, 4) is 0 Å². The van der Waals surface area contributed by atoms with E-state index in [9.17, 15) is 0 Å².